The molecular formula is C24H30N8. The van der Waals surface area contributed by atoms with Crippen LogP contribution in [0.2, 0.25) is 0 Å². The van der Waals surface area contributed by atoms with Crippen LogP contribution in [0.4, 0.5) is 5.69 Å². The first-order chi connectivity index (χ1) is 15.7. The van der Waals surface area contributed by atoms with E-state index in [1.54, 1.807) is 0 Å². The van der Waals surface area contributed by atoms with Crippen LogP contribution in [0.5, 0.6) is 0 Å². The molecule has 32 heavy (non-hydrogen) atoms. The number of rotatable bonds is 3. The van der Waals surface area contributed by atoms with E-state index in [-0.39, 0.29) is 0 Å². The van der Waals surface area contributed by atoms with Crippen LogP contribution in [0.15, 0.2) is 43.1 Å². The van der Waals surface area contributed by atoms with Gasteiger partial charge in [0.1, 0.15) is 5.65 Å². The van der Waals surface area contributed by atoms with Crippen molar-refractivity contribution in [1.29, 1.82) is 0 Å². The Kier molecular flexibility index (Phi) is 4.84. The van der Waals surface area contributed by atoms with Gasteiger partial charge in [0, 0.05) is 75.7 Å². The van der Waals surface area contributed by atoms with Crippen molar-refractivity contribution in [2.45, 2.75) is 18.9 Å². The molecule has 2 aliphatic heterocycles. The summed E-state index contributed by atoms with van der Waals surface area (Å²) in [5.74, 6) is 0. The van der Waals surface area contributed by atoms with Crippen LogP contribution < -0.4 is 4.90 Å². The van der Waals surface area contributed by atoms with Gasteiger partial charge in [0.15, 0.2) is 5.65 Å². The lowest BCUT2D eigenvalue weighted by molar-refractivity contribution is 0.0982. The number of anilines is 1. The van der Waals surface area contributed by atoms with E-state index in [4.69, 9.17) is 4.98 Å². The van der Waals surface area contributed by atoms with Crippen molar-refractivity contribution >= 4 is 22.4 Å². The minimum Gasteiger partial charge on any atom is -0.369 e. The van der Waals surface area contributed by atoms with Gasteiger partial charge in [-0.15, -0.1) is 0 Å². The molecule has 2 fully saturated rings. The van der Waals surface area contributed by atoms with E-state index < -0.39 is 0 Å². The Morgan fingerprint density at radius 3 is 2.47 bits per heavy atom. The number of nitrogens with zero attached hydrogens (tertiary/aromatic N) is 8. The Morgan fingerprint density at radius 2 is 1.66 bits per heavy atom. The van der Waals surface area contributed by atoms with E-state index in [2.05, 4.69) is 50.2 Å². The molecule has 4 aromatic heterocycles. The van der Waals surface area contributed by atoms with Crippen LogP contribution in [-0.2, 0) is 7.05 Å². The molecule has 0 aliphatic carbocycles. The molecule has 0 atom stereocenters. The molecule has 0 bridgehead atoms. The molecule has 0 unspecified atom stereocenters. The Hall–Kier alpha value is -2.97. The topological polar surface area (TPSA) is 57.7 Å². The lowest BCUT2D eigenvalue weighted by atomic mass is 10.0. The van der Waals surface area contributed by atoms with E-state index in [0.29, 0.717) is 6.04 Å². The fourth-order valence-corrected chi connectivity index (χ4v) is 5.29. The third-order valence-electron chi connectivity index (χ3n) is 7.28. The molecule has 6 heterocycles. The van der Waals surface area contributed by atoms with Gasteiger partial charge in [0.2, 0.25) is 0 Å². The van der Waals surface area contributed by atoms with Crippen LogP contribution in [0.3, 0.4) is 0 Å². The fraction of sp³-hybridized carbons (Fsp3) is 0.458. The lowest BCUT2D eigenvalue weighted by Crippen LogP contribution is -2.52. The Morgan fingerprint density at radius 1 is 0.844 bits per heavy atom. The maximum atomic E-state index is 4.84. The van der Waals surface area contributed by atoms with Crippen LogP contribution in [0, 0.1) is 0 Å². The van der Waals surface area contributed by atoms with E-state index in [9.17, 15) is 0 Å². The molecule has 0 N–H and O–H groups in total. The zero-order valence-corrected chi connectivity index (χ0v) is 18.9. The van der Waals surface area contributed by atoms with Crippen LogP contribution in [-0.4, -0.2) is 86.3 Å². The maximum Gasteiger partial charge on any atom is 0.162 e. The summed E-state index contributed by atoms with van der Waals surface area (Å²) >= 11 is 0. The van der Waals surface area contributed by atoms with Gasteiger partial charge in [0.25, 0.3) is 0 Å². The Balaban J connectivity index is 1.22. The average Bonchev–Trinajstić information content (AvgIpc) is 3.43. The summed E-state index contributed by atoms with van der Waals surface area (Å²) in [5.41, 5.74) is 5.19. The predicted octanol–water partition coefficient (Wildman–Crippen LogP) is 2.50. The highest BCUT2D eigenvalue weighted by Crippen LogP contribution is 2.31. The van der Waals surface area contributed by atoms with Crippen molar-refractivity contribution < 1.29 is 0 Å². The van der Waals surface area contributed by atoms with Crippen molar-refractivity contribution in [3.63, 3.8) is 0 Å². The number of piperazine rings is 1. The number of hydrogen-bond donors (Lipinski definition) is 0. The number of hydrogen-bond acceptors (Lipinski definition) is 6. The standard InChI is InChI=1S/C24H30N8/c1-28-11-13-31(14-12-28)18-4-9-30(10-5-18)19-15-26-24-22(16-27-32(24)17-19)20-3-7-25-23-21(20)6-8-29(23)2/h3,6-8,15-18H,4-5,9-14H2,1-2H3. The number of piperidine rings is 1. The average molecular weight is 431 g/mol. The van der Waals surface area contributed by atoms with Gasteiger partial charge in [-0.2, -0.15) is 5.10 Å². The second-order valence-electron chi connectivity index (χ2n) is 9.22. The van der Waals surface area contributed by atoms with Crippen molar-refractivity contribution in [2.24, 2.45) is 7.05 Å². The number of pyridine rings is 1. The molecule has 2 aliphatic rings. The molecule has 6 rings (SSSR count). The number of aromatic nitrogens is 5. The number of fused-ring (bicyclic) bond motifs is 2. The molecule has 2 saturated heterocycles. The van der Waals surface area contributed by atoms with E-state index in [1.807, 2.05) is 40.9 Å². The molecule has 0 aromatic carbocycles. The molecule has 4 aromatic rings. The van der Waals surface area contributed by atoms with Gasteiger partial charge >= 0.3 is 0 Å². The summed E-state index contributed by atoms with van der Waals surface area (Å²) in [6.07, 6.45) is 12.4. The van der Waals surface area contributed by atoms with Crippen LogP contribution in [0.1, 0.15) is 12.8 Å². The minimum absolute atomic E-state index is 0.716. The summed E-state index contributed by atoms with van der Waals surface area (Å²) < 4.78 is 3.97. The highest BCUT2D eigenvalue weighted by atomic mass is 15.3. The van der Waals surface area contributed by atoms with Crippen molar-refractivity contribution in [3.8, 4) is 11.1 Å². The number of aryl methyl sites for hydroxylation is 1. The molecule has 0 radical (unpaired) electrons. The zero-order valence-electron chi connectivity index (χ0n) is 18.9. The van der Waals surface area contributed by atoms with Gasteiger partial charge in [-0.25, -0.2) is 14.5 Å². The molecule has 8 nitrogen and oxygen atoms in total. The third-order valence-corrected chi connectivity index (χ3v) is 7.28. The highest BCUT2D eigenvalue weighted by Gasteiger charge is 2.27. The summed E-state index contributed by atoms with van der Waals surface area (Å²) in [6, 6.07) is 4.88. The van der Waals surface area contributed by atoms with Gasteiger partial charge < -0.3 is 14.4 Å². The summed E-state index contributed by atoms with van der Waals surface area (Å²) in [5, 5.41) is 5.77. The molecular weight excluding hydrogens is 400 g/mol. The molecule has 0 spiro atoms. The van der Waals surface area contributed by atoms with Crippen molar-refractivity contribution in [1.82, 2.24) is 33.9 Å². The Bertz CT molecular complexity index is 1240. The first kappa shape index (κ1) is 19.7. The second-order valence-corrected chi connectivity index (χ2v) is 9.22. The van der Waals surface area contributed by atoms with Gasteiger partial charge in [-0.05, 0) is 37.6 Å². The monoisotopic (exact) mass is 430 g/mol. The predicted molar refractivity (Wildman–Crippen MR) is 127 cm³/mol. The van der Waals surface area contributed by atoms with Gasteiger partial charge in [0.05, 0.1) is 24.3 Å². The van der Waals surface area contributed by atoms with E-state index in [0.717, 1.165) is 46.6 Å². The summed E-state index contributed by atoms with van der Waals surface area (Å²) in [7, 11) is 4.24. The zero-order chi connectivity index (χ0) is 21.7. The smallest absolute Gasteiger partial charge is 0.162 e. The van der Waals surface area contributed by atoms with E-state index in [1.165, 1.54) is 39.0 Å². The van der Waals surface area contributed by atoms with Gasteiger partial charge in [-0.1, -0.05) is 0 Å². The lowest BCUT2D eigenvalue weighted by Gasteiger charge is -2.42. The quantitative estimate of drug-likeness (QED) is 0.498. The Labute approximate surface area is 188 Å². The van der Waals surface area contributed by atoms with Gasteiger partial charge in [-0.3, -0.25) is 4.90 Å². The first-order valence-electron chi connectivity index (χ1n) is 11.6. The van der Waals surface area contributed by atoms with Crippen LogP contribution >= 0.6 is 0 Å². The summed E-state index contributed by atoms with van der Waals surface area (Å²) in [4.78, 5) is 16.9. The molecule has 8 heteroatoms. The van der Waals surface area contributed by atoms with E-state index >= 15 is 0 Å². The highest BCUT2D eigenvalue weighted by molar-refractivity contribution is 5.96. The molecule has 166 valence electrons. The minimum atomic E-state index is 0.716. The van der Waals surface area contributed by atoms with Crippen molar-refractivity contribution in [2.75, 3.05) is 51.2 Å². The molecule has 0 amide bonds. The normalized spacial score (nSPS) is 19.4. The fourth-order valence-electron chi connectivity index (χ4n) is 5.29. The first-order valence-corrected chi connectivity index (χ1v) is 11.6. The largest absolute Gasteiger partial charge is 0.369 e. The van der Waals surface area contributed by atoms with Crippen LogP contribution in [0.25, 0.3) is 27.8 Å². The maximum absolute atomic E-state index is 4.84. The number of likely N-dealkylation sites (N-methyl/N-ethyl adjacent to an activating group) is 1. The SMILES string of the molecule is CN1CCN(C2CCN(c3cnc4c(-c5ccnc6c5ccn6C)cnn4c3)CC2)CC1. The van der Waals surface area contributed by atoms with Crippen molar-refractivity contribution in [3.05, 3.63) is 43.1 Å². The third kappa shape index (κ3) is 3.34. The summed E-state index contributed by atoms with van der Waals surface area (Å²) in [6.45, 7) is 6.94. The molecule has 0 saturated carbocycles. The second kappa shape index (κ2) is 7.86.